The maximum Gasteiger partial charge on any atom is 0.233 e. The molecular formula is C14H13N3O3. The number of furan rings is 1. The van der Waals surface area contributed by atoms with Crippen LogP contribution in [0.4, 0.5) is 11.4 Å². The molecule has 0 aliphatic carbocycles. The van der Waals surface area contributed by atoms with Gasteiger partial charge in [0, 0.05) is 0 Å². The zero-order valence-electron chi connectivity index (χ0n) is 10.6. The minimum Gasteiger partial charge on any atom is -0.467 e. The highest BCUT2D eigenvalue weighted by Gasteiger charge is 2.20. The molecule has 1 unspecified atom stereocenters. The molecule has 0 bridgehead atoms. The van der Waals surface area contributed by atoms with Gasteiger partial charge in [-0.05, 0) is 29.8 Å². The number of fused-ring (bicyclic) bond motifs is 1. The molecular weight excluding hydrogens is 258 g/mol. The quantitative estimate of drug-likeness (QED) is 0.723. The minimum atomic E-state index is -0.425. The minimum absolute atomic E-state index is 0.186. The molecule has 0 radical (unpaired) electrons. The van der Waals surface area contributed by atoms with E-state index in [2.05, 4.69) is 10.6 Å². The van der Waals surface area contributed by atoms with Crippen molar-refractivity contribution in [3.63, 3.8) is 0 Å². The van der Waals surface area contributed by atoms with E-state index in [9.17, 15) is 9.59 Å². The van der Waals surface area contributed by atoms with Crippen molar-refractivity contribution in [3.05, 3.63) is 47.9 Å². The van der Waals surface area contributed by atoms with Gasteiger partial charge in [-0.25, -0.2) is 0 Å². The monoisotopic (exact) mass is 271 g/mol. The van der Waals surface area contributed by atoms with E-state index in [1.807, 2.05) is 0 Å². The van der Waals surface area contributed by atoms with Gasteiger partial charge in [0.15, 0.2) is 0 Å². The second kappa shape index (κ2) is 4.82. The van der Waals surface area contributed by atoms with Crippen LogP contribution in [0.25, 0.3) is 0 Å². The second-order valence-corrected chi connectivity index (χ2v) is 4.57. The van der Waals surface area contributed by atoms with E-state index in [0.29, 0.717) is 17.1 Å². The Kier molecular flexibility index (Phi) is 3.00. The maximum atomic E-state index is 11.5. The molecule has 2 amide bonds. The number of carbonyl (C=O) groups is 2. The molecule has 0 saturated carbocycles. The summed E-state index contributed by atoms with van der Waals surface area (Å²) < 4.78 is 5.27. The second-order valence-electron chi connectivity index (χ2n) is 4.57. The van der Waals surface area contributed by atoms with Gasteiger partial charge in [0.25, 0.3) is 0 Å². The Morgan fingerprint density at radius 2 is 1.85 bits per heavy atom. The summed E-state index contributed by atoms with van der Waals surface area (Å²) in [6, 6.07) is 8.38. The molecule has 1 aromatic heterocycles. The normalized spacial score (nSPS) is 15.8. The molecule has 1 aliphatic heterocycles. The lowest BCUT2D eigenvalue weighted by atomic mass is 10.0. The molecule has 0 spiro atoms. The van der Waals surface area contributed by atoms with Gasteiger partial charge in [0.1, 0.15) is 12.2 Å². The molecule has 1 aliphatic rings. The summed E-state index contributed by atoms with van der Waals surface area (Å²) in [5.74, 6) is -0.0387. The molecule has 1 atom stereocenters. The van der Waals surface area contributed by atoms with Crippen molar-refractivity contribution in [2.75, 3.05) is 10.6 Å². The van der Waals surface area contributed by atoms with Crippen molar-refractivity contribution in [2.45, 2.75) is 12.5 Å². The van der Waals surface area contributed by atoms with Gasteiger partial charge in [-0.1, -0.05) is 6.07 Å². The van der Waals surface area contributed by atoms with Gasteiger partial charge in [0.05, 0.1) is 23.7 Å². The van der Waals surface area contributed by atoms with Crippen LogP contribution in [0.5, 0.6) is 0 Å². The molecule has 0 fully saturated rings. The summed E-state index contributed by atoms with van der Waals surface area (Å²) in [5.41, 5.74) is 8.00. The standard InChI is InChI=1S/C14H13N3O3/c15-14(11-2-1-5-20-11)8-3-4-9-10(6-8)17-13(19)7-12(18)16-9/h1-6,14H,7,15H2,(H,16,18)(H,17,19). The SMILES string of the molecule is NC(c1ccc2c(c1)NC(=O)CC(=O)N2)c1ccco1. The third kappa shape index (κ3) is 2.28. The van der Waals surface area contributed by atoms with Crippen LogP contribution in [0.2, 0.25) is 0 Å². The first-order chi connectivity index (χ1) is 9.63. The first-order valence-corrected chi connectivity index (χ1v) is 6.16. The molecule has 1 aromatic carbocycles. The average molecular weight is 271 g/mol. The molecule has 4 N–H and O–H groups in total. The van der Waals surface area contributed by atoms with Gasteiger partial charge in [-0.2, -0.15) is 0 Å². The molecule has 0 saturated heterocycles. The van der Waals surface area contributed by atoms with Crippen LogP contribution in [0.3, 0.4) is 0 Å². The van der Waals surface area contributed by atoms with Crippen LogP contribution in [-0.2, 0) is 9.59 Å². The van der Waals surface area contributed by atoms with E-state index in [1.165, 1.54) is 0 Å². The first-order valence-electron chi connectivity index (χ1n) is 6.16. The van der Waals surface area contributed by atoms with E-state index in [1.54, 1.807) is 36.6 Å². The van der Waals surface area contributed by atoms with Crippen molar-refractivity contribution >= 4 is 23.2 Å². The number of benzene rings is 1. The Morgan fingerprint density at radius 1 is 1.10 bits per heavy atom. The van der Waals surface area contributed by atoms with Crippen LogP contribution in [0.15, 0.2) is 41.0 Å². The maximum absolute atomic E-state index is 11.5. The summed E-state index contributed by atoms with van der Waals surface area (Å²) in [5, 5.41) is 5.35. The zero-order chi connectivity index (χ0) is 14.1. The lowest BCUT2D eigenvalue weighted by Gasteiger charge is -2.13. The van der Waals surface area contributed by atoms with Crippen molar-refractivity contribution in [3.8, 4) is 0 Å². The summed E-state index contributed by atoms with van der Waals surface area (Å²) in [6.07, 6.45) is 1.37. The largest absolute Gasteiger partial charge is 0.467 e. The number of hydrogen-bond acceptors (Lipinski definition) is 4. The lowest BCUT2D eigenvalue weighted by molar-refractivity contribution is -0.123. The molecule has 6 nitrogen and oxygen atoms in total. The number of amides is 2. The van der Waals surface area contributed by atoms with Crippen molar-refractivity contribution in [2.24, 2.45) is 5.73 Å². The predicted octanol–water partition coefficient (Wildman–Crippen LogP) is 1.61. The van der Waals surface area contributed by atoms with Crippen LogP contribution < -0.4 is 16.4 Å². The van der Waals surface area contributed by atoms with Gasteiger partial charge < -0.3 is 20.8 Å². The van der Waals surface area contributed by atoms with E-state index in [-0.39, 0.29) is 18.2 Å². The zero-order valence-corrected chi connectivity index (χ0v) is 10.6. The number of rotatable bonds is 2. The van der Waals surface area contributed by atoms with Crippen molar-refractivity contribution in [1.29, 1.82) is 0 Å². The third-order valence-electron chi connectivity index (χ3n) is 3.12. The predicted molar refractivity (Wildman–Crippen MR) is 73.1 cm³/mol. The highest BCUT2D eigenvalue weighted by molar-refractivity contribution is 6.13. The van der Waals surface area contributed by atoms with Crippen LogP contribution in [0.1, 0.15) is 23.8 Å². The number of anilines is 2. The van der Waals surface area contributed by atoms with Crippen LogP contribution >= 0.6 is 0 Å². The fourth-order valence-corrected chi connectivity index (χ4v) is 2.13. The van der Waals surface area contributed by atoms with E-state index in [4.69, 9.17) is 10.2 Å². The lowest BCUT2D eigenvalue weighted by Crippen LogP contribution is -2.16. The number of nitrogens with two attached hydrogens (primary N) is 1. The molecule has 3 rings (SSSR count). The Hall–Kier alpha value is -2.60. The fraction of sp³-hybridized carbons (Fsp3) is 0.143. The average Bonchev–Trinajstić information content (AvgIpc) is 2.88. The molecule has 6 heteroatoms. The summed E-state index contributed by atoms with van der Waals surface area (Å²) in [4.78, 5) is 23.0. The summed E-state index contributed by atoms with van der Waals surface area (Å²) >= 11 is 0. The Labute approximate surface area is 114 Å². The van der Waals surface area contributed by atoms with Gasteiger partial charge >= 0.3 is 0 Å². The topological polar surface area (TPSA) is 97.4 Å². The molecule has 102 valence electrons. The molecule has 20 heavy (non-hydrogen) atoms. The van der Waals surface area contributed by atoms with Gasteiger partial charge in [0.2, 0.25) is 11.8 Å². The van der Waals surface area contributed by atoms with E-state index in [0.717, 1.165) is 5.56 Å². The number of hydrogen-bond donors (Lipinski definition) is 3. The third-order valence-corrected chi connectivity index (χ3v) is 3.12. The van der Waals surface area contributed by atoms with E-state index < -0.39 is 6.04 Å². The van der Waals surface area contributed by atoms with Crippen molar-refractivity contribution in [1.82, 2.24) is 0 Å². The van der Waals surface area contributed by atoms with Gasteiger partial charge in [-0.15, -0.1) is 0 Å². The van der Waals surface area contributed by atoms with Crippen molar-refractivity contribution < 1.29 is 14.0 Å². The number of carbonyl (C=O) groups excluding carboxylic acids is 2. The summed E-state index contributed by atoms with van der Waals surface area (Å²) in [6.45, 7) is 0. The van der Waals surface area contributed by atoms with Crippen LogP contribution in [-0.4, -0.2) is 11.8 Å². The number of nitrogens with one attached hydrogen (secondary N) is 2. The highest BCUT2D eigenvalue weighted by atomic mass is 16.3. The Morgan fingerprint density at radius 3 is 2.55 bits per heavy atom. The summed E-state index contributed by atoms with van der Waals surface area (Å²) in [7, 11) is 0. The Bertz CT molecular complexity index is 664. The fourth-order valence-electron chi connectivity index (χ4n) is 2.13. The molecule has 2 heterocycles. The highest BCUT2D eigenvalue weighted by Crippen LogP contribution is 2.29. The van der Waals surface area contributed by atoms with Gasteiger partial charge in [-0.3, -0.25) is 9.59 Å². The van der Waals surface area contributed by atoms with Crippen LogP contribution in [0, 0.1) is 0 Å². The smallest absolute Gasteiger partial charge is 0.233 e. The van der Waals surface area contributed by atoms with E-state index >= 15 is 0 Å². The molecule has 2 aromatic rings. The first kappa shape index (κ1) is 12.4. The Balaban J connectivity index is 1.96.